The Bertz CT molecular complexity index is 572. The van der Waals surface area contributed by atoms with Crippen LogP contribution in [0.4, 0.5) is 0 Å². The highest BCUT2D eigenvalue weighted by Crippen LogP contribution is 2.12. The Balaban J connectivity index is 2.20. The van der Waals surface area contributed by atoms with Gasteiger partial charge in [0, 0.05) is 65.4 Å². The number of hydrogen-bond donors (Lipinski definition) is 0. The van der Waals surface area contributed by atoms with Gasteiger partial charge in [0.25, 0.3) is 0 Å². The van der Waals surface area contributed by atoms with Crippen molar-refractivity contribution in [1.29, 1.82) is 0 Å². The molecule has 0 spiro atoms. The molecule has 182 valence electrons. The van der Waals surface area contributed by atoms with E-state index in [2.05, 4.69) is 9.80 Å². The Morgan fingerprint density at radius 1 is 0.469 bits per heavy atom. The van der Waals surface area contributed by atoms with Gasteiger partial charge >= 0.3 is 23.9 Å². The molecule has 0 aromatic heterocycles. The van der Waals surface area contributed by atoms with Gasteiger partial charge in [0.2, 0.25) is 12.1 Å². The van der Waals surface area contributed by atoms with E-state index in [1.165, 1.54) is 28.4 Å². The first-order valence-corrected chi connectivity index (χ1v) is 10.6. The molecular weight excluding hydrogens is 424 g/mol. The highest BCUT2D eigenvalue weighted by atomic mass is 16.6. The van der Waals surface area contributed by atoms with Gasteiger partial charge in [-0.05, 0) is 0 Å². The Labute approximate surface area is 188 Å². The molecule has 2 aliphatic heterocycles. The van der Waals surface area contributed by atoms with Crippen LogP contribution < -0.4 is 0 Å². The molecule has 0 aromatic carbocycles. The summed E-state index contributed by atoms with van der Waals surface area (Å²) in [5.41, 5.74) is 0. The fourth-order valence-corrected chi connectivity index (χ4v) is 4.01. The van der Waals surface area contributed by atoms with Crippen LogP contribution in [0.3, 0.4) is 0 Å². The van der Waals surface area contributed by atoms with Crippen LogP contribution in [0.15, 0.2) is 0 Å². The molecule has 2 heterocycles. The quantitative estimate of drug-likeness (QED) is 0.241. The van der Waals surface area contributed by atoms with E-state index in [-0.39, 0.29) is 0 Å². The van der Waals surface area contributed by atoms with Crippen molar-refractivity contribution in [3.05, 3.63) is 0 Å². The number of rotatable bonds is 6. The van der Waals surface area contributed by atoms with Crippen LogP contribution in [0.5, 0.6) is 0 Å². The highest BCUT2D eigenvalue weighted by molar-refractivity contribution is 5.99. The SMILES string of the molecule is COC(=O)C(C(=O)OC)N1CCN2CCN(CC1)CCN(C(C(=O)OC)C(=O)OC)CC2. The van der Waals surface area contributed by atoms with Gasteiger partial charge in [0.1, 0.15) is 0 Å². The maximum absolute atomic E-state index is 12.3. The lowest BCUT2D eigenvalue weighted by Crippen LogP contribution is -2.54. The molecule has 2 rings (SSSR count). The van der Waals surface area contributed by atoms with Crippen molar-refractivity contribution in [3.8, 4) is 0 Å². The molecule has 0 radical (unpaired) electrons. The minimum Gasteiger partial charge on any atom is -0.467 e. The summed E-state index contributed by atoms with van der Waals surface area (Å²) in [4.78, 5) is 57.1. The van der Waals surface area contributed by atoms with Gasteiger partial charge < -0.3 is 18.9 Å². The Morgan fingerprint density at radius 3 is 0.906 bits per heavy atom. The number of nitrogens with zero attached hydrogens (tertiary/aromatic N) is 4. The maximum Gasteiger partial charge on any atom is 0.334 e. The summed E-state index contributed by atoms with van der Waals surface area (Å²) in [5, 5.41) is 0. The van der Waals surface area contributed by atoms with Crippen molar-refractivity contribution >= 4 is 23.9 Å². The highest BCUT2D eigenvalue weighted by Gasteiger charge is 2.38. The van der Waals surface area contributed by atoms with Crippen molar-refractivity contribution in [2.75, 3.05) is 93.9 Å². The van der Waals surface area contributed by atoms with Crippen LogP contribution in [0.25, 0.3) is 0 Å². The lowest BCUT2D eigenvalue weighted by Gasteiger charge is -2.33. The summed E-state index contributed by atoms with van der Waals surface area (Å²) >= 11 is 0. The van der Waals surface area contributed by atoms with Gasteiger partial charge in [0.05, 0.1) is 28.4 Å². The smallest absolute Gasteiger partial charge is 0.334 e. The largest absolute Gasteiger partial charge is 0.467 e. The molecule has 0 aromatic rings. The molecule has 0 aliphatic carbocycles. The summed E-state index contributed by atoms with van der Waals surface area (Å²) in [6, 6.07) is -2.23. The van der Waals surface area contributed by atoms with Crippen LogP contribution in [-0.4, -0.2) is 149 Å². The molecule has 0 saturated carbocycles. The third kappa shape index (κ3) is 6.61. The number of esters is 4. The molecule has 12 heteroatoms. The zero-order chi connectivity index (χ0) is 23.7. The summed E-state index contributed by atoms with van der Waals surface area (Å²) < 4.78 is 19.3. The van der Waals surface area contributed by atoms with Crippen molar-refractivity contribution in [1.82, 2.24) is 19.6 Å². The fraction of sp³-hybridized carbons (Fsp3) is 0.800. The normalized spacial score (nSPS) is 23.2. The predicted molar refractivity (Wildman–Crippen MR) is 112 cm³/mol. The zero-order valence-electron chi connectivity index (χ0n) is 19.3. The van der Waals surface area contributed by atoms with Gasteiger partial charge in [-0.3, -0.25) is 19.6 Å². The monoisotopic (exact) mass is 458 g/mol. The van der Waals surface area contributed by atoms with E-state index in [0.29, 0.717) is 52.4 Å². The summed E-state index contributed by atoms with van der Waals surface area (Å²) in [5.74, 6) is -2.59. The molecule has 2 bridgehead atoms. The fourth-order valence-electron chi connectivity index (χ4n) is 4.01. The van der Waals surface area contributed by atoms with E-state index in [1.807, 2.05) is 0 Å². The Hall–Kier alpha value is -2.28. The minimum absolute atomic E-state index is 0.458. The third-order valence-corrected chi connectivity index (χ3v) is 5.97. The number of ether oxygens (including phenoxy) is 4. The van der Waals surface area contributed by atoms with Gasteiger partial charge in [-0.2, -0.15) is 0 Å². The molecule has 2 saturated heterocycles. The van der Waals surface area contributed by atoms with E-state index in [9.17, 15) is 19.2 Å². The van der Waals surface area contributed by atoms with Gasteiger partial charge in [-0.1, -0.05) is 0 Å². The van der Waals surface area contributed by atoms with E-state index < -0.39 is 36.0 Å². The van der Waals surface area contributed by atoms with Gasteiger partial charge in [-0.15, -0.1) is 0 Å². The zero-order valence-corrected chi connectivity index (χ0v) is 19.3. The second-order valence-electron chi connectivity index (χ2n) is 7.65. The van der Waals surface area contributed by atoms with Crippen molar-refractivity contribution in [2.45, 2.75) is 12.1 Å². The average Bonchev–Trinajstić information content (AvgIpc) is 2.97. The first kappa shape index (κ1) is 26.0. The Morgan fingerprint density at radius 2 is 0.688 bits per heavy atom. The molecule has 32 heavy (non-hydrogen) atoms. The van der Waals surface area contributed by atoms with E-state index >= 15 is 0 Å². The first-order valence-electron chi connectivity index (χ1n) is 10.6. The minimum atomic E-state index is -1.12. The summed E-state index contributed by atoms with van der Waals surface area (Å²) in [7, 11) is 5.00. The Kier molecular flexibility index (Phi) is 10.3. The molecule has 0 atom stereocenters. The third-order valence-electron chi connectivity index (χ3n) is 5.97. The van der Waals surface area contributed by atoms with Crippen LogP contribution in [0.1, 0.15) is 0 Å². The van der Waals surface area contributed by atoms with Crippen LogP contribution >= 0.6 is 0 Å². The number of carbonyl (C=O) groups excluding carboxylic acids is 4. The second kappa shape index (κ2) is 12.7. The number of methoxy groups -OCH3 is 4. The summed E-state index contributed by atoms with van der Waals surface area (Å²) in [6.07, 6.45) is 0. The van der Waals surface area contributed by atoms with Gasteiger partial charge in [0.15, 0.2) is 0 Å². The molecule has 0 unspecified atom stereocenters. The second-order valence-corrected chi connectivity index (χ2v) is 7.65. The standard InChI is InChI=1S/C20H34N4O8/c1-29-17(25)15(18(26)30-2)23-11-7-21-5-6-22(8-12-23)10-14-24(13-9-21)16(19(27)31-3)20(28)32-4/h15-16H,5-14H2,1-4H3. The van der Waals surface area contributed by atoms with Crippen LogP contribution in [0, 0.1) is 0 Å². The number of carbonyl (C=O) groups is 4. The summed E-state index contributed by atoms with van der Waals surface area (Å²) in [6.45, 7) is 5.76. The van der Waals surface area contributed by atoms with Gasteiger partial charge in [-0.25, -0.2) is 19.2 Å². The molecule has 2 fully saturated rings. The van der Waals surface area contributed by atoms with Crippen molar-refractivity contribution < 1.29 is 38.1 Å². The molecule has 0 N–H and O–H groups in total. The maximum atomic E-state index is 12.3. The number of hydrogen-bond acceptors (Lipinski definition) is 12. The molecule has 0 amide bonds. The van der Waals surface area contributed by atoms with Crippen molar-refractivity contribution in [3.63, 3.8) is 0 Å². The first-order chi connectivity index (χ1) is 15.4. The van der Waals surface area contributed by atoms with E-state index in [0.717, 1.165) is 13.1 Å². The predicted octanol–water partition coefficient (Wildman–Crippen LogP) is -2.35. The average molecular weight is 459 g/mol. The lowest BCUT2D eigenvalue weighted by atomic mass is 10.2. The molecule has 12 nitrogen and oxygen atoms in total. The molecular formula is C20H34N4O8. The van der Waals surface area contributed by atoms with Crippen LogP contribution in [0.2, 0.25) is 0 Å². The van der Waals surface area contributed by atoms with E-state index in [1.54, 1.807) is 9.80 Å². The number of fused-ring (bicyclic) bond motifs is 3. The van der Waals surface area contributed by atoms with Crippen LogP contribution in [-0.2, 0) is 38.1 Å². The molecule has 2 aliphatic rings. The van der Waals surface area contributed by atoms with E-state index in [4.69, 9.17) is 18.9 Å². The lowest BCUT2D eigenvalue weighted by molar-refractivity contribution is -0.162. The van der Waals surface area contributed by atoms with Crippen molar-refractivity contribution in [2.24, 2.45) is 0 Å². The topological polar surface area (TPSA) is 118 Å².